The van der Waals surface area contributed by atoms with Crippen molar-refractivity contribution in [2.75, 3.05) is 13.7 Å². The van der Waals surface area contributed by atoms with Crippen LogP contribution in [0.2, 0.25) is 10.0 Å². The highest BCUT2D eigenvalue weighted by Crippen LogP contribution is 2.37. The van der Waals surface area contributed by atoms with Crippen molar-refractivity contribution in [3.63, 3.8) is 0 Å². The predicted octanol–water partition coefficient (Wildman–Crippen LogP) is 6.14. The fraction of sp³-hybridized carbons (Fsp3) is 0.136. The molecule has 0 aliphatic rings. The summed E-state index contributed by atoms with van der Waals surface area (Å²) >= 11 is 12.5. The van der Waals surface area contributed by atoms with Gasteiger partial charge in [0.15, 0.2) is 18.2 Å². The number of aliphatic carboxylic acids is 1. The van der Waals surface area contributed by atoms with Crippen LogP contribution in [0.4, 0.5) is 13.2 Å². The van der Waals surface area contributed by atoms with Gasteiger partial charge in [0.05, 0.1) is 7.11 Å². The lowest BCUT2D eigenvalue weighted by molar-refractivity contribution is -0.139. The van der Waals surface area contributed by atoms with Crippen LogP contribution >= 0.6 is 23.2 Å². The van der Waals surface area contributed by atoms with E-state index >= 15 is 0 Å². The molecule has 3 aromatic rings. The molecule has 9 heteroatoms. The van der Waals surface area contributed by atoms with Gasteiger partial charge in [-0.05, 0) is 47.0 Å². The molecule has 0 fully saturated rings. The molecule has 162 valence electrons. The molecule has 0 saturated carbocycles. The number of hydrogen-bond acceptors (Lipinski definition) is 3. The number of halogens is 5. The molecular weight excluding hydrogens is 456 g/mol. The highest BCUT2D eigenvalue weighted by molar-refractivity contribution is 6.36. The molecule has 0 aliphatic heterocycles. The third kappa shape index (κ3) is 5.24. The average molecular weight is 471 g/mol. The molecule has 1 N–H and O–H groups in total. The molecule has 0 bridgehead atoms. The summed E-state index contributed by atoms with van der Waals surface area (Å²) < 4.78 is 52.0. The Morgan fingerprint density at radius 3 is 2.23 bits per heavy atom. The van der Waals surface area contributed by atoms with Crippen molar-refractivity contribution in [1.82, 2.24) is 0 Å². The van der Waals surface area contributed by atoms with Gasteiger partial charge in [0.1, 0.15) is 17.3 Å². The van der Waals surface area contributed by atoms with Crippen LogP contribution in [0, 0.1) is 17.5 Å². The zero-order chi connectivity index (χ0) is 22.7. The lowest BCUT2D eigenvalue weighted by Gasteiger charge is -2.15. The quantitative estimate of drug-likeness (QED) is 0.450. The number of rotatable bonds is 7. The van der Waals surface area contributed by atoms with E-state index in [4.69, 9.17) is 37.8 Å². The second-order valence-electron chi connectivity index (χ2n) is 6.50. The Hall–Kier alpha value is -2.90. The molecule has 0 heterocycles. The molecular formula is C22H15Cl2F3O4. The Balaban J connectivity index is 2.00. The van der Waals surface area contributed by atoms with Crippen molar-refractivity contribution in [2.45, 2.75) is 6.42 Å². The van der Waals surface area contributed by atoms with Crippen molar-refractivity contribution in [1.29, 1.82) is 0 Å². The minimum atomic E-state index is -1.17. The Kier molecular flexibility index (Phi) is 6.97. The van der Waals surface area contributed by atoms with Gasteiger partial charge in [0.2, 0.25) is 0 Å². The summed E-state index contributed by atoms with van der Waals surface area (Å²) in [5.41, 5.74) is 1.22. The standard InChI is InChI=1S/C22H15Cl2F3O4/c1-30-21-9-19(26)12(4-14(21)11-2-3-18(25)20(27)6-11)5-15-16(23)7-13(8-17(15)24)31-10-22(28)29/h2-4,6-9H,5,10H2,1H3,(H,28,29). The van der Waals surface area contributed by atoms with Crippen molar-refractivity contribution < 1.29 is 32.5 Å². The number of carboxylic acids is 1. The predicted molar refractivity (Wildman–Crippen MR) is 111 cm³/mol. The molecule has 3 aromatic carbocycles. The number of ether oxygens (including phenoxy) is 2. The van der Waals surface area contributed by atoms with Gasteiger partial charge in [-0.3, -0.25) is 0 Å². The molecule has 0 aliphatic carbocycles. The van der Waals surface area contributed by atoms with E-state index in [2.05, 4.69) is 0 Å². The molecule has 31 heavy (non-hydrogen) atoms. The largest absolute Gasteiger partial charge is 0.496 e. The summed E-state index contributed by atoms with van der Waals surface area (Å²) in [6.45, 7) is -0.573. The van der Waals surface area contributed by atoms with Crippen LogP contribution < -0.4 is 9.47 Å². The number of hydrogen-bond donors (Lipinski definition) is 1. The van der Waals surface area contributed by atoms with E-state index in [-0.39, 0.29) is 33.5 Å². The van der Waals surface area contributed by atoms with Gasteiger partial charge in [0, 0.05) is 28.1 Å². The zero-order valence-corrected chi connectivity index (χ0v) is 17.5. The summed E-state index contributed by atoms with van der Waals surface area (Å²) in [7, 11) is 1.33. The first kappa shape index (κ1) is 22.8. The normalized spacial score (nSPS) is 10.8. The minimum absolute atomic E-state index is 0.0244. The SMILES string of the molecule is COc1cc(F)c(Cc2c(Cl)cc(OCC(=O)O)cc2Cl)cc1-c1ccc(F)c(F)c1. The Bertz CT molecular complexity index is 1130. The Morgan fingerprint density at radius 2 is 1.65 bits per heavy atom. The maximum absolute atomic E-state index is 14.7. The summed E-state index contributed by atoms with van der Waals surface area (Å²) in [6, 6.07) is 8.65. The minimum Gasteiger partial charge on any atom is -0.496 e. The maximum Gasteiger partial charge on any atom is 0.341 e. The average Bonchev–Trinajstić information content (AvgIpc) is 2.72. The van der Waals surface area contributed by atoms with Gasteiger partial charge in [-0.2, -0.15) is 0 Å². The van der Waals surface area contributed by atoms with E-state index in [9.17, 15) is 18.0 Å². The second-order valence-corrected chi connectivity index (χ2v) is 7.31. The molecule has 0 amide bonds. The summed E-state index contributed by atoms with van der Waals surface area (Å²) in [5.74, 6) is -3.54. The maximum atomic E-state index is 14.7. The van der Waals surface area contributed by atoms with E-state index < -0.39 is 30.0 Å². The van der Waals surface area contributed by atoms with Crippen LogP contribution in [0.1, 0.15) is 11.1 Å². The number of benzene rings is 3. The van der Waals surface area contributed by atoms with Crippen LogP contribution in [-0.4, -0.2) is 24.8 Å². The van der Waals surface area contributed by atoms with Crippen LogP contribution in [-0.2, 0) is 11.2 Å². The molecule has 0 radical (unpaired) electrons. The number of methoxy groups -OCH3 is 1. The highest BCUT2D eigenvalue weighted by atomic mass is 35.5. The van der Waals surface area contributed by atoms with Gasteiger partial charge >= 0.3 is 5.97 Å². The van der Waals surface area contributed by atoms with Crippen LogP contribution in [0.3, 0.4) is 0 Å². The fourth-order valence-electron chi connectivity index (χ4n) is 2.96. The second kappa shape index (κ2) is 9.49. The molecule has 0 atom stereocenters. The van der Waals surface area contributed by atoms with E-state index in [0.717, 1.165) is 18.2 Å². The highest BCUT2D eigenvalue weighted by Gasteiger charge is 2.17. The van der Waals surface area contributed by atoms with Crippen molar-refractivity contribution in [3.8, 4) is 22.6 Å². The summed E-state index contributed by atoms with van der Waals surface area (Å²) in [6.07, 6.45) is -0.0244. The van der Waals surface area contributed by atoms with E-state index in [0.29, 0.717) is 16.7 Å². The smallest absolute Gasteiger partial charge is 0.341 e. The summed E-state index contributed by atoms with van der Waals surface area (Å²) in [4.78, 5) is 10.6. The van der Waals surface area contributed by atoms with Gasteiger partial charge in [0.25, 0.3) is 0 Å². The fourth-order valence-corrected chi connectivity index (χ4v) is 3.56. The van der Waals surface area contributed by atoms with Crippen LogP contribution in [0.25, 0.3) is 11.1 Å². The zero-order valence-electron chi connectivity index (χ0n) is 16.0. The molecule has 0 saturated heterocycles. The van der Waals surface area contributed by atoms with Gasteiger partial charge in [-0.15, -0.1) is 0 Å². The van der Waals surface area contributed by atoms with E-state index in [1.54, 1.807) is 0 Å². The summed E-state index contributed by atoms with van der Waals surface area (Å²) in [5, 5.41) is 9.00. The molecule has 0 unspecified atom stereocenters. The first-order valence-corrected chi connectivity index (χ1v) is 9.59. The Labute approximate surface area is 185 Å². The lowest BCUT2D eigenvalue weighted by Crippen LogP contribution is -2.09. The number of carboxylic acid groups (broad SMARTS) is 1. The third-order valence-electron chi connectivity index (χ3n) is 4.44. The van der Waals surface area contributed by atoms with Crippen LogP contribution in [0.5, 0.6) is 11.5 Å². The third-order valence-corrected chi connectivity index (χ3v) is 5.12. The van der Waals surface area contributed by atoms with Crippen molar-refractivity contribution in [3.05, 3.63) is 81.1 Å². The molecule has 0 spiro atoms. The molecule has 0 aromatic heterocycles. The van der Waals surface area contributed by atoms with E-state index in [1.165, 1.54) is 31.4 Å². The van der Waals surface area contributed by atoms with Gasteiger partial charge in [-0.25, -0.2) is 18.0 Å². The molecule has 4 nitrogen and oxygen atoms in total. The topological polar surface area (TPSA) is 55.8 Å². The van der Waals surface area contributed by atoms with Crippen molar-refractivity contribution in [2.24, 2.45) is 0 Å². The first-order valence-electron chi connectivity index (χ1n) is 8.84. The molecule has 3 rings (SSSR count). The first-order chi connectivity index (χ1) is 14.7. The Morgan fingerprint density at radius 1 is 0.968 bits per heavy atom. The van der Waals surface area contributed by atoms with E-state index in [1.807, 2.05) is 0 Å². The monoisotopic (exact) mass is 470 g/mol. The van der Waals surface area contributed by atoms with Gasteiger partial charge < -0.3 is 14.6 Å². The number of carbonyl (C=O) groups is 1. The lowest BCUT2D eigenvalue weighted by atomic mass is 9.97. The van der Waals surface area contributed by atoms with Crippen LogP contribution in [0.15, 0.2) is 42.5 Å². The van der Waals surface area contributed by atoms with Crippen molar-refractivity contribution >= 4 is 29.2 Å². The van der Waals surface area contributed by atoms with Gasteiger partial charge in [-0.1, -0.05) is 29.3 Å².